The Hall–Kier alpha value is -2.38. The molecule has 128 valence electrons. The molecular weight excluding hydrogens is 363 g/mol. The zero-order valence-corrected chi connectivity index (χ0v) is 15.1. The van der Waals surface area contributed by atoms with Gasteiger partial charge in [-0.25, -0.2) is 14.2 Å². The number of halogens is 2. The molecule has 0 amide bonds. The molecule has 0 fully saturated rings. The summed E-state index contributed by atoms with van der Waals surface area (Å²) in [5.41, 5.74) is 2.27. The maximum atomic E-state index is 13.1. The predicted molar refractivity (Wildman–Crippen MR) is 97.3 cm³/mol. The molecule has 0 spiro atoms. The van der Waals surface area contributed by atoms with E-state index in [4.69, 9.17) is 23.2 Å². The molecule has 4 rings (SSSR count). The summed E-state index contributed by atoms with van der Waals surface area (Å²) in [4.78, 5) is 17.4. The third-order valence-electron chi connectivity index (χ3n) is 4.10. The average Bonchev–Trinajstić information content (AvgIpc) is 3.18. The van der Waals surface area contributed by atoms with Gasteiger partial charge in [0.05, 0.1) is 16.4 Å². The minimum atomic E-state index is -0.228. The molecule has 3 heterocycles. The average molecular weight is 377 g/mol. The fourth-order valence-electron chi connectivity index (χ4n) is 2.95. The minimum Gasteiger partial charge on any atom is -0.329 e. The van der Waals surface area contributed by atoms with Crippen LogP contribution in [-0.4, -0.2) is 28.7 Å². The highest BCUT2D eigenvalue weighted by Crippen LogP contribution is 2.28. The van der Waals surface area contributed by atoms with Gasteiger partial charge in [-0.1, -0.05) is 30.1 Å². The second-order valence-electron chi connectivity index (χ2n) is 5.77. The second kappa shape index (κ2) is 5.86. The molecule has 25 heavy (non-hydrogen) atoms. The van der Waals surface area contributed by atoms with E-state index in [1.807, 2.05) is 18.5 Å². The SMILES string of the molecule is CCCn1c(=O)n2c(-c3ccc(Cl)c(Cl)c3)nnc2c2c1ncn2C. The van der Waals surface area contributed by atoms with E-state index in [0.29, 0.717) is 39.3 Å². The first kappa shape index (κ1) is 16.1. The normalized spacial score (nSPS) is 11.7. The molecule has 0 saturated carbocycles. The fourth-order valence-corrected chi connectivity index (χ4v) is 3.25. The van der Waals surface area contributed by atoms with Crippen molar-refractivity contribution < 1.29 is 0 Å². The standard InChI is InChI=1S/C16H14Cl2N6O/c1-3-6-23-14-12(22(2)8-19-14)15-21-20-13(24(15)16(23)25)9-4-5-10(17)11(18)7-9/h4-5,7-8H,3,6H2,1-2H3. The second-order valence-corrected chi connectivity index (χ2v) is 6.59. The zero-order valence-electron chi connectivity index (χ0n) is 13.6. The third-order valence-corrected chi connectivity index (χ3v) is 4.83. The number of aromatic nitrogens is 6. The third kappa shape index (κ3) is 2.34. The Labute approximate surface area is 152 Å². The number of imidazole rings is 1. The summed E-state index contributed by atoms with van der Waals surface area (Å²) in [7, 11) is 1.86. The van der Waals surface area contributed by atoms with Gasteiger partial charge in [-0.3, -0.25) is 4.57 Å². The number of nitrogens with zero attached hydrogens (tertiary/aromatic N) is 6. The van der Waals surface area contributed by atoms with Crippen LogP contribution in [0.2, 0.25) is 10.0 Å². The molecule has 7 nitrogen and oxygen atoms in total. The summed E-state index contributed by atoms with van der Waals surface area (Å²) in [6.07, 6.45) is 2.48. The Kier molecular flexibility index (Phi) is 3.77. The van der Waals surface area contributed by atoms with Crippen molar-refractivity contribution in [3.8, 4) is 11.4 Å². The summed E-state index contributed by atoms with van der Waals surface area (Å²) >= 11 is 12.1. The van der Waals surface area contributed by atoms with Crippen molar-refractivity contribution in [2.45, 2.75) is 19.9 Å². The van der Waals surface area contributed by atoms with Crippen LogP contribution in [0.1, 0.15) is 13.3 Å². The first-order chi connectivity index (χ1) is 12.0. The van der Waals surface area contributed by atoms with Gasteiger partial charge in [0.1, 0.15) is 5.52 Å². The summed E-state index contributed by atoms with van der Waals surface area (Å²) < 4.78 is 4.98. The first-order valence-electron chi connectivity index (χ1n) is 7.77. The molecule has 4 aromatic rings. The van der Waals surface area contributed by atoms with Crippen molar-refractivity contribution in [2.24, 2.45) is 7.05 Å². The summed E-state index contributed by atoms with van der Waals surface area (Å²) in [5, 5.41) is 9.30. The Morgan fingerprint density at radius 3 is 2.64 bits per heavy atom. The van der Waals surface area contributed by atoms with Gasteiger partial charge in [0.15, 0.2) is 17.1 Å². The van der Waals surface area contributed by atoms with Crippen LogP contribution in [0.4, 0.5) is 0 Å². The lowest BCUT2D eigenvalue weighted by Gasteiger charge is -2.08. The quantitative estimate of drug-likeness (QED) is 0.550. The van der Waals surface area contributed by atoms with Gasteiger partial charge in [-0.15, -0.1) is 10.2 Å². The summed E-state index contributed by atoms with van der Waals surface area (Å²) in [6, 6.07) is 5.12. The number of rotatable bonds is 3. The molecule has 0 aliphatic carbocycles. The highest BCUT2D eigenvalue weighted by molar-refractivity contribution is 6.42. The minimum absolute atomic E-state index is 0.228. The molecule has 1 aromatic carbocycles. The van der Waals surface area contributed by atoms with Crippen molar-refractivity contribution >= 4 is 40.0 Å². The molecule has 0 unspecified atom stereocenters. The van der Waals surface area contributed by atoms with Crippen molar-refractivity contribution in [1.29, 1.82) is 0 Å². The van der Waals surface area contributed by atoms with Crippen LogP contribution in [0.3, 0.4) is 0 Å². The molecule has 0 radical (unpaired) electrons. The van der Waals surface area contributed by atoms with Gasteiger partial charge in [0, 0.05) is 19.2 Å². The molecule has 0 aliphatic heterocycles. The smallest absolute Gasteiger partial charge is 0.329 e. The Bertz CT molecular complexity index is 1170. The van der Waals surface area contributed by atoms with Crippen molar-refractivity contribution in [3.05, 3.63) is 45.1 Å². The maximum absolute atomic E-state index is 13.1. The van der Waals surface area contributed by atoms with Crippen LogP contribution in [0.15, 0.2) is 29.3 Å². The largest absolute Gasteiger partial charge is 0.337 e. The lowest BCUT2D eigenvalue weighted by atomic mass is 10.2. The van der Waals surface area contributed by atoms with Crippen LogP contribution in [0, 0.1) is 0 Å². The molecular formula is C16H14Cl2N6O. The fraction of sp³-hybridized carbons (Fsp3) is 0.250. The van der Waals surface area contributed by atoms with Gasteiger partial charge >= 0.3 is 5.69 Å². The highest BCUT2D eigenvalue weighted by atomic mass is 35.5. The van der Waals surface area contributed by atoms with Gasteiger partial charge in [-0.2, -0.15) is 0 Å². The molecule has 0 aliphatic rings. The van der Waals surface area contributed by atoms with Crippen molar-refractivity contribution in [2.75, 3.05) is 0 Å². The van der Waals surface area contributed by atoms with E-state index in [1.165, 1.54) is 4.40 Å². The lowest BCUT2D eigenvalue weighted by molar-refractivity contribution is 0.648. The monoisotopic (exact) mass is 376 g/mol. The van der Waals surface area contributed by atoms with E-state index in [1.54, 1.807) is 29.1 Å². The number of hydrogen-bond acceptors (Lipinski definition) is 4. The van der Waals surface area contributed by atoms with E-state index < -0.39 is 0 Å². The van der Waals surface area contributed by atoms with Gasteiger partial charge in [-0.05, 0) is 24.6 Å². The topological polar surface area (TPSA) is 70.0 Å². The molecule has 9 heteroatoms. The molecule has 3 aromatic heterocycles. The van der Waals surface area contributed by atoms with Crippen LogP contribution in [-0.2, 0) is 13.6 Å². The van der Waals surface area contributed by atoms with E-state index in [2.05, 4.69) is 15.2 Å². The molecule has 0 atom stereocenters. The van der Waals surface area contributed by atoms with Crippen LogP contribution in [0.5, 0.6) is 0 Å². The number of aryl methyl sites for hydroxylation is 2. The van der Waals surface area contributed by atoms with E-state index in [9.17, 15) is 4.79 Å². The van der Waals surface area contributed by atoms with Crippen molar-refractivity contribution in [1.82, 2.24) is 28.7 Å². The number of hydrogen-bond donors (Lipinski definition) is 0. The summed E-state index contributed by atoms with van der Waals surface area (Å²) in [6.45, 7) is 2.57. The Morgan fingerprint density at radius 2 is 1.92 bits per heavy atom. The number of fused-ring (bicyclic) bond motifs is 3. The number of benzene rings is 1. The van der Waals surface area contributed by atoms with E-state index in [-0.39, 0.29) is 5.69 Å². The van der Waals surface area contributed by atoms with Gasteiger partial charge in [0.25, 0.3) is 0 Å². The lowest BCUT2D eigenvalue weighted by Crippen LogP contribution is -2.28. The first-order valence-corrected chi connectivity index (χ1v) is 8.53. The van der Waals surface area contributed by atoms with Crippen LogP contribution < -0.4 is 5.69 Å². The summed E-state index contributed by atoms with van der Waals surface area (Å²) in [5.74, 6) is 0.423. The molecule has 0 bridgehead atoms. The maximum Gasteiger partial charge on any atom is 0.337 e. The van der Waals surface area contributed by atoms with Crippen LogP contribution in [0.25, 0.3) is 28.2 Å². The zero-order chi connectivity index (χ0) is 17.7. The van der Waals surface area contributed by atoms with E-state index >= 15 is 0 Å². The Morgan fingerprint density at radius 1 is 1.12 bits per heavy atom. The van der Waals surface area contributed by atoms with E-state index in [0.717, 1.165) is 11.9 Å². The molecule has 0 N–H and O–H groups in total. The van der Waals surface area contributed by atoms with Crippen molar-refractivity contribution in [3.63, 3.8) is 0 Å². The van der Waals surface area contributed by atoms with Gasteiger partial charge in [0.2, 0.25) is 0 Å². The molecule has 0 saturated heterocycles. The van der Waals surface area contributed by atoms with Gasteiger partial charge < -0.3 is 4.57 Å². The predicted octanol–water partition coefficient (Wildman–Crippen LogP) is 3.16. The highest BCUT2D eigenvalue weighted by Gasteiger charge is 2.20. The Balaban J connectivity index is 2.13. The van der Waals surface area contributed by atoms with Crippen LogP contribution >= 0.6 is 23.2 Å².